The van der Waals surface area contributed by atoms with Crippen molar-refractivity contribution in [1.82, 2.24) is 9.55 Å². The van der Waals surface area contributed by atoms with E-state index in [4.69, 9.17) is 4.74 Å². The Morgan fingerprint density at radius 2 is 2.05 bits per heavy atom. The number of rotatable bonds is 2. The normalized spacial score (nSPS) is 23.4. The fraction of sp³-hybridized carbons (Fsp3) is 0.438. The van der Waals surface area contributed by atoms with Crippen molar-refractivity contribution in [2.45, 2.75) is 25.0 Å². The summed E-state index contributed by atoms with van der Waals surface area (Å²) in [4.78, 5) is 4.25. The third-order valence-electron chi connectivity index (χ3n) is 4.59. The van der Waals surface area contributed by atoms with Gasteiger partial charge in [0.05, 0.1) is 30.4 Å². The van der Waals surface area contributed by atoms with Crippen LogP contribution in [0.5, 0.6) is 0 Å². The molecule has 0 bridgehead atoms. The zero-order valence-corrected chi connectivity index (χ0v) is 11.3. The highest BCUT2D eigenvalue weighted by atomic mass is 16.5. The third kappa shape index (κ3) is 1.72. The van der Waals surface area contributed by atoms with Crippen molar-refractivity contribution < 1.29 is 9.84 Å². The number of hydrogen-bond donors (Lipinski definition) is 1. The molecule has 1 aromatic heterocycles. The lowest BCUT2D eigenvalue weighted by Crippen LogP contribution is -2.34. The molecule has 1 aromatic carbocycles. The van der Waals surface area contributed by atoms with Crippen LogP contribution in [0, 0.1) is 5.92 Å². The Morgan fingerprint density at radius 1 is 1.25 bits per heavy atom. The van der Waals surface area contributed by atoms with E-state index >= 15 is 0 Å². The summed E-state index contributed by atoms with van der Waals surface area (Å²) in [5.41, 5.74) is 3.52. The van der Waals surface area contributed by atoms with Gasteiger partial charge < -0.3 is 14.4 Å². The predicted octanol–water partition coefficient (Wildman–Crippen LogP) is 2.24. The van der Waals surface area contributed by atoms with Gasteiger partial charge in [-0.2, -0.15) is 0 Å². The first kappa shape index (κ1) is 12.1. The number of hydrogen-bond acceptors (Lipinski definition) is 3. The molecule has 0 aliphatic carbocycles. The smallest absolute Gasteiger partial charge is 0.0957 e. The van der Waals surface area contributed by atoms with Crippen LogP contribution in [-0.2, 0) is 4.74 Å². The molecular formula is C16H18N2O2. The molecule has 1 saturated heterocycles. The van der Waals surface area contributed by atoms with Crippen LogP contribution < -0.4 is 0 Å². The molecular weight excluding hydrogens is 252 g/mol. The summed E-state index contributed by atoms with van der Waals surface area (Å²) in [6.07, 6.45) is 5.21. The Labute approximate surface area is 118 Å². The summed E-state index contributed by atoms with van der Waals surface area (Å²) < 4.78 is 7.52. The van der Waals surface area contributed by atoms with Gasteiger partial charge in [0.25, 0.3) is 0 Å². The number of benzene rings is 1. The monoisotopic (exact) mass is 270 g/mol. The van der Waals surface area contributed by atoms with Gasteiger partial charge >= 0.3 is 0 Å². The van der Waals surface area contributed by atoms with E-state index in [0.717, 1.165) is 31.7 Å². The summed E-state index contributed by atoms with van der Waals surface area (Å²) >= 11 is 0. The van der Waals surface area contributed by atoms with Gasteiger partial charge in [-0.15, -0.1) is 0 Å². The van der Waals surface area contributed by atoms with E-state index in [9.17, 15) is 5.11 Å². The first-order valence-electron chi connectivity index (χ1n) is 7.23. The van der Waals surface area contributed by atoms with E-state index in [1.54, 1.807) is 0 Å². The van der Waals surface area contributed by atoms with Gasteiger partial charge in [0.15, 0.2) is 0 Å². The lowest BCUT2D eigenvalue weighted by Gasteiger charge is -2.31. The second-order valence-electron chi connectivity index (χ2n) is 5.66. The van der Waals surface area contributed by atoms with E-state index in [1.165, 1.54) is 11.1 Å². The van der Waals surface area contributed by atoms with Gasteiger partial charge in [0, 0.05) is 18.8 Å². The maximum atomic E-state index is 10.9. The number of aliphatic hydroxyl groups excluding tert-OH is 1. The van der Waals surface area contributed by atoms with Crippen molar-refractivity contribution in [2.24, 2.45) is 5.92 Å². The van der Waals surface area contributed by atoms with Crippen LogP contribution in [0.15, 0.2) is 36.8 Å². The maximum Gasteiger partial charge on any atom is 0.0957 e. The average Bonchev–Trinajstić information content (AvgIpc) is 3.08. The largest absolute Gasteiger partial charge is 0.390 e. The highest BCUT2D eigenvalue weighted by Crippen LogP contribution is 2.43. The Bertz CT molecular complexity index is 616. The number of imidazole rings is 1. The van der Waals surface area contributed by atoms with E-state index in [1.807, 2.05) is 24.7 Å². The van der Waals surface area contributed by atoms with Crippen LogP contribution in [0.4, 0.5) is 0 Å². The Hall–Kier alpha value is -1.65. The first-order valence-corrected chi connectivity index (χ1v) is 7.23. The van der Waals surface area contributed by atoms with Crippen molar-refractivity contribution in [2.75, 3.05) is 13.2 Å². The van der Waals surface area contributed by atoms with Crippen molar-refractivity contribution >= 4 is 0 Å². The minimum absolute atomic E-state index is 0.00759. The lowest BCUT2D eigenvalue weighted by molar-refractivity contribution is -0.00620. The molecule has 4 rings (SSSR count). The number of fused-ring (bicyclic) bond motifs is 3. The molecule has 0 unspecified atom stereocenters. The zero-order valence-electron chi connectivity index (χ0n) is 11.3. The summed E-state index contributed by atoms with van der Waals surface area (Å²) in [6.45, 7) is 1.51. The predicted molar refractivity (Wildman–Crippen MR) is 75.4 cm³/mol. The van der Waals surface area contributed by atoms with Crippen LogP contribution >= 0.6 is 0 Å². The molecule has 2 atom stereocenters. The summed E-state index contributed by atoms with van der Waals surface area (Å²) in [7, 11) is 0. The highest BCUT2D eigenvalue weighted by Gasteiger charge is 2.37. The minimum atomic E-state index is -0.379. The second kappa shape index (κ2) is 4.72. The summed E-state index contributed by atoms with van der Waals surface area (Å²) in [6, 6.07) is 8.31. The number of nitrogens with zero attached hydrogens (tertiary/aromatic N) is 2. The van der Waals surface area contributed by atoms with Crippen LogP contribution in [0.2, 0.25) is 0 Å². The number of ether oxygens (including phenoxy) is 1. The molecule has 3 heterocycles. The lowest BCUT2D eigenvalue weighted by atomic mass is 9.86. The molecule has 0 spiro atoms. The molecule has 2 aromatic rings. The standard InChI is InChI=1S/C16H18N2O2/c19-16(11-5-7-20-8-6-11)15-13-4-2-1-3-12(13)14-9-17-10-18(14)15/h1-4,9-11,15-16,19H,5-8H2/t15-,16+/m1/s1. The molecule has 0 amide bonds. The topological polar surface area (TPSA) is 47.3 Å². The Kier molecular flexibility index (Phi) is 2.86. The number of aliphatic hydroxyl groups is 1. The van der Waals surface area contributed by atoms with Gasteiger partial charge in [0.1, 0.15) is 0 Å². The Morgan fingerprint density at radius 3 is 2.90 bits per heavy atom. The van der Waals surface area contributed by atoms with Gasteiger partial charge in [-0.05, 0) is 24.3 Å². The van der Waals surface area contributed by atoms with Crippen molar-refractivity contribution in [3.8, 4) is 11.3 Å². The molecule has 1 fully saturated rings. The van der Waals surface area contributed by atoms with Crippen LogP contribution in [0.3, 0.4) is 0 Å². The van der Waals surface area contributed by atoms with Gasteiger partial charge in [-0.25, -0.2) is 4.98 Å². The molecule has 2 aliphatic rings. The fourth-order valence-corrected chi connectivity index (χ4v) is 3.54. The minimum Gasteiger partial charge on any atom is -0.390 e. The summed E-state index contributed by atoms with van der Waals surface area (Å²) in [5.74, 6) is 0.301. The molecule has 2 aliphatic heterocycles. The quantitative estimate of drug-likeness (QED) is 0.910. The highest BCUT2D eigenvalue weighted by molar-refractivity contribution is 5.69. The van der Waals surface area contributed by atoms with Gasteiger partial charge in [-0.3, -0.25) is 0 Å². The van der Waals surface area contributed by atoms with E-state index in [-0.39, 0.29) is 12.1 Å². The van der Waals surface area contributed by atoms with E-state index < -0.39 is 0 Å². The van der Waals surface area contributed by atoms with Crippen molar-refractivity contribution in [3.63, 3.8) is 0 Å². The number of aromatic nitrogens is 2. The summed E-state index contributed by atoms with van der Waals surface area (Å²) in [5, 5.41) is 10.9. The molecule has 1 N–H and O–H groups in total. The SMILES string of the molecule is O[C@@H](C1CCOCC1)[C@H]1c2ccccc2-c2cncn21. The second-order valence-corrected chi connectivity index (χ2v) is 5.66. The molecule has 104 valence electrons. The first-order chi connectivity index (χ1) is 9.86. The van der Waals surface area contributed by atoms with Crippen LogP contribution in [-0.4, -0.2) is 34.0 Å². The van der Waals surface area contributed by atoms with Crippen molar-refractivity contribution in [1.29, 1.82) is 0 Å². The molecule has 0 saturated carbocycles. The molecule has 20 heavy (non-hydrogen) atoms. The zero-order chi connectivity index (χ0) is 13.5. The Balaban J connectivity index is 1.74. The van der Waals surface area contributed by atoms with E-state index in [2.05, 4.69) is 21.7 Å². The van der Waals surface area contributed by atoms with Gasteiger partial charge in [-0.1, -0.05) is 24.3 Å². The molecule has 0 radical (unpaired) electrons. The molecule has 4 nitrogen and oxygen atoms in total. The van der Waals surface area contributed by atoms with E-state index in [0.29, 0.717) is 5.92 Å². The van der Waals surface area contributed by atoms with Crippen LogP contribution in [0.25, 0.3) is 11.3 Å². The maximum absolute atomic E-state index is 10.9. The van der Waals surface area contributed by atoms with Crippen molar-refractivity contribution in [3.05, 3.63) is 42.4 Å². The molecule has 4 heteroatoms. The van der Waals surface area contributed by atoms with Crippen LogP contribution in [0.1, 0.15) is 24.4 Å². The fourth-order valence-electron chi connectivity index (χ4n) is 3.54. The van der Waals surface area contributed by atoms with Gasteiger partial charge in [0.2, 0.25) is 0 Å². The average molecular weight is 270 g/mol. The third-order valence-corrected chi connectivity index (χ3v) is 4.59.